The van der Waals surface area contributed by atoms with E-state index in [2.05, 4.69) is 4.98 Å². The Bertz CT molecular complexity index is 399. The van der Waals surface area contributed by atoms with Crippen LogP contribution in [0.2, 0.25) is 0 Å². The molecule has 2 rings (SSSR count). The molecule has 74 valence electrons. The lowest BCUT2D eigenvalue weighted by molar-refractivity contribution is -0.386. The predicted octanol–water partition coefficient (Wildman–Crippen LogP) is 1.25. The lowest BCUT2D eigenvalue weighted by Gasteiger charge is -2.08. The molecule has 5 nitrogen and oxygen atoms in total. The average Bonchev–Trinajstić information content (AvgIpc) is 2.84. The summed E-state index contributed by atoms with van der Waals surface area (Å²) in [5.74, 6) is 0. The molecule has 0 aliphatic heterocycles. The van der Waals surface area contributed by atoms with Crippen molar-refractivity contribution in [2.24, 2.45) is 5.73 Å². The molecule has 1 saturated carbocycles. The van der Waals surface area contributed by atoms with Crippen LogP contribution in [0.1, 0.15) is 24.2 Å². The van der Waals surface area contributed by atoms with Gasteiger partial charge in [0.15, 0.2) is 0 Å². The number of hydrogen-bond acceptors (Lipinski definition) is 4. The van der Waals surface area contributed by atoms with Crippen LogP contribution in [0.3, 0.4) is 0 Å². The van der Waals surface area contributed by atoms with Crippen molar-refractivity contribution in [1.82, 2.24) is 4.98 Å². The first-order valence-electron chi connectivity index (χ1n) is 4.44. The Hall–Kier alpha value is -1.49. The van der Waals surface area contributed by atoms with Crippen molar-refractivity contribution < 1.29 is 4.92 Å². The number of nitrogens with two attached hydrogens (primary N) is 1. The van der Waals surface area contributed by atoms with Gasteiger partial charge in [0.05, 0.1) is 10.5 Å². The lowest BCUT2D eigenvalue weighted by atomic mass is 10.1. The summed E-state index contributed by atoms with van der Waals surface area (Å²) < 4.78 is 0. The molecule has 1 aliphatic carbocycles. The minimum absolute atomic E-state index is 0.0376. The van der Waals surface area contributed by atoms with Gasteiger partial charge in [-0.1, -0.05) is 0 Å². The third-order valence-corrected chi connectivity index (χ3v) is 2.47. The highest BCUT2D eigenvalue weighted by atomic mass is 16.6. The molecule has 0 radical (unpaired) electrons. The van der Waals surface area contributed by atoms with Gasteiger partial charge in [-0.15, -0.1) is 0 Å². The molecule has 1 aliphatic rings. The quantitative estimate of drug-likeness (QED) is 0.566. The summed E-state index contributed by atoms with van der Waals surface area (Å²) in [6.07, 6.45) is 1.56. The fourth-order valence-electron chi connectivity index (χ4n) is 1.43. The molecular formula is C9H11N3O2. The Morgan fingerprint density at radius 3 is 2.71 bits per heavy atom. The minimum atomic E-state index is -0.547. The number of aromatic nitrogens is 1. The highest BCUT2D eigenvalue weighted by molar-refractivity contribution is 5.43. The van der Waals surface area contributed by atoms with E-state index in [1.165, 1.54) is 6.07 Å². The zero-order chi connectivity index (χ0) is 10.3. The molecule has 0 aromatic carbocycles. The Kier molecular flexibility index (Phi) is 1.78. The number of nitro groups is 1. The Morgan fingerprint density at radius 2 is 2.21 bits per heavy atom. The van der Waals surface area contributed by atoms with Crippen LogP contribution in [-0.4, -0.2) is 9.91 Å². The highest BCUT2D eigenvalue weighted by Crippen LogP contribution is 2.45. The number of rotatable bonds is 2. The predicted molar refractivity (Wildman–Crippen MR) is 50.7 cm³/mol. The summed E-state index contributed by atoms with van der Waals surface area (Å²) in [4.78, 5) is 14.5. The first kappa shape index (κ1) is 9.08. The first-order valence-corrected chi connectivity index (χ1v) is 4.44. The normalized spacial score (nSPS) is 17.9. The van der Waals surface area contributed by atoms with Crippen molar-refractivity contribution in [3.63, 3.8) is 0 Å². The molecule has 2 N–H and O–H groups in total. The highest BCUT2D eigenvalue weighted by Gasteiger charge is 2.46. The molecule has 5 heteroatoms. The fourth-order valence-corrected chi connectivity index (χ4v) is 1.43. The monoisotopic (exact) mass is 193 g/mol. The zero-order valence-corrected chi connectivity index (χ0v) is 7.86. The third kappa shape index (κ3) is 1.35. The molecule has 1 aromatic heterocycles. The number of nitrogens with zero attached hydrogens (tertiary/aromatic N) is 2. The van der Waals surface area contributed by atoms with Crippen LogP contribution in [0.15, 0.2) is 12.1 Å². The number of pyridine rings is 1. The van der Waals surface area contributed by atoms with E-state index in [-0.39, 0.29) is 5.69 Å². The molecule has 1 aromatic rings. The maximum Gasteiger partial charge on any atom is 0.292 e. The van der Waals surface area contributed by atoms with Crippen LogP contribution in [0.5, 0.6) is 0 Å². The van der Waals surface area contributed by atoms with Crippen molar-refractivity contribution in [2.75, 3.05) is 0 Å². The third-order valence-electron chi connectivity index (χ3n) is 2.47. The summed E-state index contributed by atoms with van der Waals surface area (Å²) >= 11 is 0. The largest absolute Gasteiger partial charge is 0.320 e. The van der Waals surface area contributed by atoms with E-state index in [4.69, 9.17) is 5.73 Å². The maximum atomic E-state index is 10.7. The van der Waals surface area contributed by atoms with Gasteiger partial charge in [-0.2, -0.15) is 0 Å². The van der Waals surface area contributed by atoms with Gasteiger partial charge in [-0.25, -0.2) is 4.98 Å². The van der Waals surface area contributed by atoms with Crippen LogP contribution < -0.4 is 5.73 Å². The van der Waals surface area contributed by atoms with Crippen molar-refractivity contribution in [2.45, 2.75) is 25.3 Å². The van der Waals surface area contributed by atoms with Crippen LogP contribution in [0.4, 0.5) is 5.69 Å². The molecule has 0 amide bonds. The first-order chi connectivity index (χ1) is 6.53. The molecule has 1 heterocycles. The van der Waals surface area contributed by atoms with Gasteiger partial charge in [0, 0.05) is 11.8 Å². The van der Waals surface area contributed by atoms with Gasteiger partial charge in [0.1, 0.15) is 5.69 Å². The summed E-state index contributed by atoms with van der Waals surface area (Å²) in [7, 11) is 0. The van der Waals surface area contributed by atoms with Crippen molar-refractivity contribution in [3.8, 4) is 0 Å². The molecule has 0 saturated heterocycles. The standard InChI is InChI=1S/C9H11N3O2/c1-6-2-3-7(12(13)14)8(11-6)9(10)4-5-9/h2-3H,4-5,10H2,1H3. The zero-order valence-electron chi connectivity index (χ0n) is 7.86. The van der Waals surface area contributed by atoms with Crippen LogP contribution >= 0.6 is 0 Å². The Labute approximate surface area is 81.1 Å². The van der Waals surface area contributed by atoms with Crippen molar-refractivity contribution >= 4 is 5.69 Å². The number of hydrogen-bond donors (Lipinski definition) is 1. The van der Waals surface area contributed by atoms with E-state index >= 15 is 0 Å². The van der Waals surface area contributed by atoms with E-state index in [1.54, 1.807) is 13.0 Å². The number of aryl methyl sites for hydroxylation is 1. The van der Waals surface area contributed by atoms with Gasteiger partial charge < -0.3 is 5.73 Å². The van der Waals surface area contributed by atoms with Crippen LogP contribution in [-0.2, 0) is 5.54 Å². The van der Waals surface area contributed by atoms with E-state index in [1.807, 2.05) is 0 Å². The van der Waals surface area contributed by atoms with E-state index < -0.39 is 10.5 Å². The summed E-state index contributed by atoms with van der Waals surface area (Å²) in [5, 5.41) is 10.7. The molecule has 0 unspecified atom stereocenters. The van der Waals surface area contributed by atoms with Gasteiger partial charge in [-0.05, 0) is 25.8 Å². The van der Waals surface area contributed by atoms with Crippen molar-refractivity contribution in [1.29, 1.82) is 0 Å². The van der Waals surface area contributed by atoms with Gasteiger partial charge in [-0.3, -0.25) is 10.1 Å². The SMILES string of the molecule is Cc1ccc([N+](=O)[O-])c(C2(N)CC2)n1. The second kappa shape index (κ2) is 2.75. The lowest BCUT2D eigenvalue weighted by Crippen LogP contribution is -2.22. The molecular weight excluding hydrogens is 182 g/mol. The van der Waals surface area contributed by atoms with Crippen molar-refractivity contribution in [3.05, 3.63) is 33.6 Å². The second-order valence-corrected chi connectivity index (χ2v) is 3.73. The topological polar surface area (TPSA) is 82.0 Å². The summed E-state index contributed by atoms with van der Waals surface area (Å²) in [5.41, 5.74) is 6.60. The minimum Gasteiger partial charge on any atom is -0.320 e. The summed E-state index contributed by atoms with van der Waals surface area (Å²) in [6.45, 7) is 1.80. The van der Waals surface area contributed by atoms with Gasteiger partial charge in [0.2, 0.25) is 0 Å². The van der Waals surface area contributed by atoms with E-state index in [0.29, 0.717) is 5.69 Å². The molecule has 14 heavy (non-hydrogen) atoms. The average molecular weight is 193 g/mol. The smallest absolute Gasteiger partial charge is 0.292 e. The van der Waals surface area contributed by atoms with E-state index in [9.17, 15) is 10.1 Å². The van der Waals surface area contributed by atoms with Crippen LogP contribution in [0, 0.1) is 17.0 Å². The molecule has 0 atom stereocenters. The Morgan fingerprint density at radius 1 is 1.57 bits per heavy atom. The second-order valence-electron chi connectivity index (χ2n) is 3.73. The van der Waals surface area contributed by atoms with Crippen LogP contribution in [0.25, 0.3) is 0 Å². The molecule has 0 bridgehead atoms. The van der Waals surface area contributed by atoms with Gasteiger partial charge >= 0.3 is 0 Å². The van der Waals surface area contributed by atoms with E-state index in [0.717, 1.165) is 18.5 Å². The molecule has 1 fully saturated rings. The van der Waals surface area contributed by atoms with Gasteiger partial charge in [0.25, 0.3) is 5.69 Å². The fraction of sp³-hybridized carbons (Fsp3) is 0.444. The maximum absolute atomic E-state index is 10.7. The summed E-state index contributed by atoms with van der Waals surface area (Å²) in [6, 6.07) is 3.11. The Balaban J connectivity index is 2.54. The molecule has 0 spiro atoms.